The lowest BCUT2D eigenvalue weighted by atomic mass is 9.62. The van der Waals surface area contributed by atoms with E-state index in [1.54, 1.807) is 18.2 Å². The molecule has 0 bridgehead atoms. The molecule has 7 heteroatoms. The molecule has 4 nitrogen and oxygen atoms in total. The van der Waals surface area contributed by atoms with Gasteiger partial charge in [-0.15, -0.1) is 0 Å². The van der Waals surface area contributed by atoms with Crippen LogP contribution in [-0.2, 0) is 0 Å². The van der Waals surface area contributed by atoms with Gasteiger partial charge in [-0.1, -0.05) is 11.5 Å². The summed E-state index contributed by atoms with van der Waals surface area (Å²) in [6.07, 6.45) is -0.340. The van der Waals surface area contributed by atoms with Crippen LogP contribution in [0.25, 0.3) is 0 Å². The zero-order valence-corrected chi connectivity index (χ0v) is 9.72. The molecule has 0 aliphatic carbocycles. The predicted octanol–water partition coefficient (Wildman–Crippen LogP) is -1.39. The molecule has 1 unspecified atom stereocenters. The number of aliphatic imine (C=N–C) groups is 1. The second-order valence-electron chi connectivity index (χ2n) is 4.49. The Morgan fingerprint density at radius 1 is 1.33 bits per heavy atom. The molecule has 1 aromatic rings. The van der Waals surface area contributed by atoms with E-state index in [2.05, 4.69) is 10.3 Å². The Balaban J connectivity index is 1.79. The second-order valence-corrected chi connectivity index (χ2v) is 4.49. The molecule has 84 valence electrons. The van der Waals surface area contributed by atoms with Crippen molar-refractivity contribution >= 4 is 34.8 Å². The van der Waals surface area contributed by atoms with Crippen LogP contribution in [0.3, 0.4) is 0 Å². The van der Waals surface area contributed by atoms with Crippen LogP contribution < -0.4 is 20.3 Å². The highest BCUT2D eigenvalue weighted by Crippen LogP contribution is 2.30. The number of nitrogens with zero attached hydrogens (tertiary/aromatic N) is 1. The highest BCUT2D eigenvalue weighted by molar-refractivity contribution is 6.42. The maximum Gasteiger partial charge on any atom is 0.189 e. The van der Waals surface area contributed by atoms with Crippen molar-refractivity contribution < 1.29 is 9.47 Å². The fourth-order valence-corrected chi connectivity index (χ4v) is 1.94. The molecule has 2 aliphatic heterocycles. The molecule has 0 saturated carbocycles. The third-order valence-electron chi connectivity index (χ3n) is 2.80. The molecular weight excluding hydrogens is 225 g/mol. The predicted molar refractivity (Wildman–Crippen MR) is 71.4 cm³/mol. The minimum atomic E-state index is -1.01. The van der Waals surface area contributed by atoms with Crippen molar-refractivity contribution in [3.8, 4) is 11.5 Å². The normalized spacial score (nSPS) is 24.2. The Morgan fingerprint density at radius 3 is 2.89 bits per heavy atom. The summed E-state index contributed by atoms with van der Waals surface area (Å²) < 4.78 is 11.4. The topological polar surface area (TPSA) is 42.8 Å². The highest BCUT2D eigenvalue weighted by Gasteiger charge is 2.32. The molecule has 6 radical (unpaired) electrons. The first-order valence-corrected chi connectivity index (χ1v) is 5.63. The molecule has 2 heterocycles. The number of benzene rings is 1. The van der Waals surface area contributed by atoms with Crippen LogP contribution in [0.2, 0.25) is 0 Å². The Bertz CT molecular complexity index is 519. The van der Waals surface area contributed by atoms with Gasteiger partial charge in [-0.25, -0.2) is 0 Å². The Hall–Kier alpha value is -1.52. The van der Waals surface area contributed by atoms with Crippen LogP contribution in [0.15, 0.2) is 23.2 Å². The van der Waals surface area contributed by atoms with Crippen molar-refractivity contribution in [1.82, 2.24) is 5.32 Å². The maximum atomic E-state index is 5.78. The van der Waals surface area contributed by atoms with Gasteiger partial charge in [-0.05, 0) is 17.5 Å². The molecule has 1 atom stereocenters. The van der Waals surface area contributed by atoms with E-state index >= 15 is 0 Å². The third kappa shape index (κ3) is 2.09. The maximum absolute atomic E-state index is 5.78. The lowest BCUT2D eigenvalue weighted by Gasteiger charge is -2.29. The molecule has 0 spiro atoms. The molecule has 0 aromatic heterocycles. The van der Waals surface area contributed by atoms with Gasteiger partial charge in [0, 0.05) is 6.54 Å². The highest BCUT2D eigenvalue weighted by atomic mass is 16.6. The second kappa shape index (κ2) is 4.00. The zero-order chi connectivity index (χ0) is 12.8. The van der Waals surface area contributed by atoms with Crippen LogP contribution in [0.1, 0.15) is 0 Å². The first-order valence-electron chi connectivity index (χ1n) is 5.63. The van der Waals surface area contributed by atoms with E-state index in [0.29, 0.717) is 35.9 Å². The van der Waals surface area contributed by atoms with Gasteiger partial charge in [0.1, 0.15) is 20.3 Å². The van der Waals surface area contributed by atoms with Gasteiger partial charge in [0.2, 0.25) is 0 Å². The summed E-state index contributed by atoms with van der Waals surface area (Å²) in [5, 5.41) is 1.91. The first kappa shape index (κ1) is 11.6. The van der Waals surface area contributed by atoms with E-state index in [1.165, 1.54) is 0 Å². The third-order valence-corrected chi connectivity index (χ3v) is 2.80. The number of rotatable bonds is 1. The molecule has 0 amide bonds. The number of ether oxygens (including phenoxy) is 2. The average Bonchev–Trinajstić information content (AvgIpc) is 2.69. The fourth-order valence-electron chi connectivity index (χ4n) is 1.94. The van der Waals surface area contributed by atoms with Gasteiger partial charge in [-0.3, -0.25) is 4.99 Å². The fraction of sp³-hybridized carbons (Fsp3) is 0.364. The summed E-state index contributed by atoms with van der Waals surface area (Å²) in [6.45, 7) is 0.671. The first-order chi connectivity index (χ1) is 8.53. The molecule has 0 saturated heterocycles. The number of amidine groups is 1. The van der Waals surface area contributed by atoms with E-state index in [9.17, 15) is 0 Å². The van der Waals surface area contributed by atoms with Gasteiger partial charge < -0.3 is 14.8 Å². The summed E-state index contributed by atoms with van der Waals surface area (Å²) in [4.78, 5) is 4.23. The van der Waals surface area contributed by atoms with Crippen molar-refractivity contribution in [1.29, 1.82) is 0 Å². The minimum absolute atomic E-state index is 0.311. The molecule has 18 heavy (non-hydrogen) atoms. The zero-order valence-electron chi connectivity index (χ0n) is 9.72. The molecule has 0 fully saturated rings. The van der Waals surface area contributed by atoms with Gasteiger partial charge in [0.15, 0.2) is 17.6 Å². The quantitative estimate of drug-likeness (QED) is 0.608. The molecule has 3 rings (SSSR count). The van der Waals surface area contributed by atoms with Crippen LogP contribution >= 0.6 is 0 Å². The standard InChI is InChI=1S/C11H9B3N2O2/c12-6-1-2-7-8(3-6)18-9(4-17-7)10-15-5-11(13,14)16-10/h1-3,9H,4-5H2,(H,15,16). The van der Waals surface area contributed by atoms with Crippen LogP contribution in [0, 0.1) is 0 Å². The Morgan fingerprint density at radius 2 is 2.17 bits per heavy atom. The number of nitrogens with one attached hydrogen (secondary N) is 1. The summed E-state index contributed by atoms with van der Waals surface area (Å²) in [5.74, 6) is 1.88. The molecular formula is C11H9B3N2O2. The lowest BCUT2D eigenvalue weighted by molar-refractivity contribution is 0.133. The SMILES string of the molecule is [B]c1ccc2c(c1)OC(C1=NCC([B])([B])N1)CO2. The van der Waals surface area contributed by atoms with Gasteiger partial charge in [-0.2, -0.15) is 0 Å². The monoisotopic (exact) mass is 234 g/mol. The molecule has 1 N–H and O–H groups in total. The van der Waals surface area contributed by atoms with Gasteiger partial charge in [0.25, 0.3) is 0 Å². The summed E-state index contributed by atoms with van der Waals surface area (Å²) in [7, 11) is 17.2. The van der Waals surface area contributed by atoms with E-state index < -0.39 is 5.34 Å². The van der Waals surface area contributed by atoms with E-state index in [4.69, 9.17) is 33.0 Å². The average molecular weight is 234 g/mol. The van der Waals surface area contributed by atoms with Gasteiger partial charge in [0.05, 0.1) is 15.7 Å². The van der Waals surface area contributed by atoms with Crippen LogP contribution in [-0.4, -0.2) is 54.0 Å². The van der Waals surface area contributed by atoms with Crippen LogP contribution in [0.4, 0.5) is 0 Å². The molecule has 2 aliphatic rings. The van der Waals surface area contributed by atoms with Gasteiger partial charge >= 0.3 is 0 Å². The minimum Gasteiger partial charge on any atom is -0.485 e. The van der Waals surface area contributed by atoms with E-state index in [-0.39, 0.29) is 6.10 Å². The smallest absolute Gasteiger partial charge is 0.189 e. The number of hydrogen-bond donors (Lipinski definition) is 1. The summed E-state index contributed by atoms with van der Waals surface area (Å²) >= 11 is 0. The number of hydrogen-bond acceptors (Lipinski definition) is 4. The molecule has 1 aromatic carbocycles. The number of fused-ring (bicyclic) bond motifs is 1. The van der Waals surface area contributed by atoms with E-state index in [0.717, 1.165) is 0 Å². The summed E-state index contributed by atoms with van der Waals surface area (Å²) in [6, 6.07) is 5.26. The Labute approximate surface area is 109 Å². The Kier molecular flexibility index (Phi) is 2.57. The summed E-state index contributed by atoms with van der Waals surface area (Å²) in [5.41, 5.74) is 0.617. The lowest BCUT2D eigenvalue weighted by Crippen LogP contribution is -2.52. The van der Waals surface area contributed by atoms with Crippen molar-refractivity contribution in [2.75, 3.05) is 13.2 Å². The van der Waals surface area contributed by atoms with E-state index in [1.807, 2.05) is 0 Å². The van der Waals surface area contributed by atoms with Crippen LogP contribution in [0.5, 0.6) is 11.5 Å². The van der Waals surface area contributed by atoms with Crippen molar-refractivity contribution in [2.24, 2.45) is 4.99 Å². The van der Waals surface area contributed by atoms with Crippen molar-refractivity contribution in [3.63, 3.8) is 0 Å². The largest absolute Gasteiger partial charge is 0.485 e. The van der Waals surface area contributed by atoms with Crippen molar-refractivity contribution in [3.05, 3.63) is 18.2 Å². The van der Waals surface area contributed by atoms with Crippen molar-refractivity contribution in [2.45, 2.75) is 11.4 Å².